The second kappa shape index (κ2) is 9.38. The van der Waals surface area contributed by atoms with E-state index in [9.17, 15) is 19.8 Å². The Labute approximate surface area is 169 Å². The molecule has 0 spiro atoms. The summed E-state index contributed by atoms with van der Waals surface area (Å²) >= 11 is 9.74. The van der Waals surface area contributed by atoms with Gasteiger partial charge in [0.25, 0.3) is 5.91 Å². The quantitative estimate of drug-likeness (QED) is 0.363. The molecule has 1 aliphatic rings. The number of carboxylic acid groups (broad SMARTS) is 1. The summed E-state index contributed by atoms with van der Waals surface area (Å²) in [5.74, 6) is -0.945. The largest absolute Gasteiger partial charge is 0.550 e. The van der Waals surface area contributed by atoms with Gasteiger partial charge < -0.3 is 19.7 Å². The average molecular weight is 459 g/mol. The molecule has 0 bridgehead atoms. The van der Waals surface area contributed by atoms with E-state index in [0.717, 1.165) is 0 Å². The normalized spacial score (nSPS) is 15.8. The third-order valence-electron chi connectivity index (χ3n) is 3.70. The van der Waals surface area contributed by atoms with Crippen molar-refractivity contribution in [2.45, 2.75) is 25.7 Å². The van der Waals surface area contributed by atoms with Gasteiger partial charge in [-0.05, 0) is 59.0 Å². The van der Waals surface area contributed by atoms with Crippen LogP contribution in [0.4, 0.5) is 0 Å². The van der Waals surface area contributed by atoms with E-state index >= 15 is 0 Å². The number of phenols is 1. The first-order valence-electron chi connectivity index (χ1n) is 7.85. The van der Waals surface area contributed by atoms with E-state index in [-0.39, 0.29) is 18.1 Å². The Hall–Kier alpha value is -1.58. The fourth-order valence-electron chi connectivity index (χ4n) is 2.39. The molecule has 0 unspecified atom stereocenters. The number of ether oxygens (including phenoxy) is 1. The molecule has 26 heavy (non-hydrogen) atoms. The molecule has 1 aliphatic heterocycles. The van der Waals surface area contributed by atoms with Crippen molar-refractivity contribution in [1.29, 1.82) is 0 Å². The van der Waals surface area contributed by atoms with Crippen LogP contribution >= 0.6 is 39.9 Å². The van der Waals surface area contributed by atoms with Gasteiger partial charge >= 0.3 is 0 Å². The number of rotatable bonds is 8. The van der Waals surface area contributed by atoms with Crippen LogP contribution in [0.3, 0.4) is 0 Å². The summed E-state index contributed by atoms with van der Waals surface area (Å²) in [6.07, 6.45) is 3.60. The maximum atomic E-state index is 12.6. The van der Waals surface area contributed by atoms with Crippen LogP contribution in [-0.4, -0.2) is 39.9 Å². The molecule has 1 saturated heterocycles. The fraction of sp³-hybridized carbons (Fsp3) is 0.353. The first kappa shape index (κ1) is 20.7. The number of carbonyl (C=O) groups is 2. The molecule has 2 rings (SSSR count). The number of carboxylic acids is 1. The highest BCUT2D eigenvalue weighted by molar-refractivity contribution is 9.10. The van der Waals surface area contributed by atoms with Gasteiger partial charge in [-0.25, -0.2) is 0 Å². The summed E-state index contributed by atoms with van der Waals surface area (Å²) in [6, 6.07) is 3.32. The minimum Gasteiger partial charge on any atom is -0.550 e. The van der Waals surface area contributed by atoms with Crippen molar-refractivity contribution in [2.75, 3.05) is 13.7 Å². The predicted octanol–water partition coefficient (Wildman–Crippen LogP) is 2.67. The molecule has 1 aromatic carbocycles. The predicted molar refractivity (Wildman–Crippen MR) is 106 cm³/mol. The van der Waals surface area contributed by atoms with E-state index in [0.29, 0.717) is 50.8 Å². The lowest BCUT2D eigenvalue weighted by molar-refractivity contribution is -0.305. The molecule has 140 valence electrons. The van der Waals surface area contributed by atoms with Gasteiger partial charge in [-0.15, -0.1) is 0 Å². The summed E-state index contributed by atoms with van der Waals surface area (Å²) in [7, 11) is 1.45. The number of phenolic OH excluding ortho intramolecular Hbond substituents is 1. The fourth-order valence-corrected chi connectivity index (χ4v) is 4.16. The first-order valence-corrected chi connectivity index (χ1v) is 9.87. The number of aromatic hydroxyl groups is 1. The highest BCUT2D eigenvalue weighted by Crippen LogP contribution is 2.38. The molecule has 1 amide bonds. The molecule has 0 radical (unpaired) electrons. The summed E-state index contributed by atoms with van der Waals surface area (Å²) in [5.41, 5.74) is 0.695. The van der Waals surface area contributed by atoms with E-state index < -0.39 is 5.97 Å². The topological polar surface area (TPSA) is 89.9 Å². The van der Waals surface area contributed by atoms with Crippen LogP contribution in [0.15, 0.2) is 21.5 Å². The standard InChI is InChI=1S/C17H18BrNO5S2/c1-24-12-8-10(7-11(18)15(12)22)9-13-16(23)19(17(25)26-13)6-4-2-3-5-14(20)21/h7-9,22H,2-6H2,1H3,(H,20,21)/p-1/b13-9+. The number of benzene rings is 1. The lowest BCUT2D eigenvalue weighted by atomic mass is 10.1. The van der Waals surface area contributed by atoms with Crippen LogP contribution in [0, 0.1) is 0 Å². The molecular formula is C17H17BrNO5S2-. The number of methoxy groups -OCH3 is 1. The molecule has 1 aromatic rings. The van der Waals surface area contributed by atoms with Crippen molar-refractivity contribution in [2.24, 2.45) is 0 Å². The molecule has 1 fully saturated rings. The number of thiocarbonyl (C=S) groups is 1. The maximum absolute atomic E-state index is 12.6. The number of aliphatic carboxylic acids is 1. The van der Waals surface area contributed by atoms with Gasteiger partial charge in [0, 0.05) is 12.5 Å². The second-order valence-corrected chi connectivity index (χ2v) is 8.10. The van der Waals surface area contributed by atoms with Crippen LogP contribution in [0.5, 0.6) is 11.5 Å². The van der Waals surface area contributed by atoms with E-state index in [2.05, 4.69) is 15.9 Å². The SMILES string of the molecule is COc1cc(/C=C2/SC(=S)N(CCCCCC(=O)[O-])C2=O)cc(Br)c1O. The number of carbonyl (C=O) groups excluding carboxylic acids is 2. The lowest BCUT2D eigenvalue weighted by Crippen LogP contribution is -2.29. The lowest BCUT2D eigenvalue weighted by Gasteiger charge is -2.14. The van der Waals surface area contributed by atoms with E-state index in [1.165, 1.54) is 23.8 Å². The summed E-state index contributed by atoms with van der Waals surface area (Å²) in [6.45, 7) is 0.456. The highest BCUT2D eigenvalue weighted by atomic mass is 79.9. The number of halogens is 1. The second-order valence-electron chi connectivity index (χ2n) is 5.57. The number of amides is 1. The van der Waals surface area contributed by atoms with Crippen LogP contribution in [0.2, 0.25) is 0 Å². The highest BCUT2D eigenvalue weighted by Gasteiger charge is 2.31. The first-order chi connectivity index (χ1) is 12.3. The molecule has 1 N–H and O–H groups in total. The number of hydrogen-bond donors (Lipinski definition) is 1. The Morgan fingerprint density at radius 3 is 2.81 bits per heavy atom. The van der Waals surface area contributed by atoms with Crippen molar-refractivity contribution in [3.05, 3.63) is 27.1 Å². The number of unbranched alkanes of at least 4 members (excludes halogenated alkanes) is 2. The monoisotopic (exact) mass is 458 g/mol. The molecule has 0 atom stereocenters. The Kier molecular flexibility index (Phi) is 7.48. The van der Waals surface area contributed by atoms with Crippen LogP contribution in [-0.2, 0) is 9.59 Å². The molecule has 0 aliphatic carbocycles. The maximum Gasteiger partial charge on any atom is 0.266 e. The van der Waals surface area contributed by atoms with Crippen LogP contribution in [0.25, 0.3) is 6.08 Å². The van der Waals surface area contributed by atoms with E-state index in [1.807, 2.05) is 0 Å². The van der Waals surface area contributed by atoms with Crippen molar-refractivity contribution < 1.29 is 24.5 Å². The molecule has 0 aromatic heterocycles. The summed E-state index contributed by atoms with van der Waals surface area (Å²) in [5, 5.41) is 20.3. The number of thioether (sulfide) groups is 1. The smallest absolute Gasteiger partial charge is 0.266 e. The zero-order valence-corrected chi connectivity index (χ0v) is 17.2. The minimum absolute atomic E-state index is 0.00578. The molecule has 6 nitrogen and oxygen atoms in total. The van der Waals surface area contributed by atoms with Crippen molar-refractivity contribution in [3.63, 3.8) is 0 Å². The number of nitrogens with zero attached hydrogens (tertiary/aromatic N) is 1. The van der Waals surface area contributed by atoms with Gasteiger partial charge in [0.1, 0.15) is 4.32 Å². The van der Waals surface area contributed by atoms with Crippen LogP contribution < -0.4 is 9.84 Å². The van der Waals surface area contributed by atoms with Gasteiger partial charge in [-0.1, -0.05) is 30.4 Å². The Morgan fingerprint density at radius 2 is 2.15 bits per heavy atom. The van der Waals surface area contributed by atoms with Crippen molar-refractivity contribution >= 4 is 62.2 Å². The average Bonchev–Trinajstić information content (AvgIpc) is 2.84. The third-order valence-corrected chi connectivity index (χ3v) is 5.69. The Morgan fingerprint density at radius 1 is 1.42 bits per heavy atom. The van der Waals surface area contributed by atoms with E-state index in [4.69, 9.17) is 17.0 Å². The minimum atomic E-state index is -1.06. The molecule has 1 heterocycles. The van der Waals surface area contributed by atoms with Gasteiger partial charge in [0.05, 0.1) is 16.5 Å². The zero-order valence-electron chi connectivity index (χ0n) is 14.0. The Bertz CT molecular complexity index is 766. The van der Waals surface area contributed by atoms with Gasteiger partial charge in [-0.3, -0.25) is 9.69 Å². The zero-order chi connectivity index (χ0) is 19.3. The third kappa shape index (κ3) is 5.21. The number of hydrogen-bond acceptors (Lipinski definition) is 7. The van der Waals surface area contributed by atoms with Gasteiger partial charge in [0.2, 0.25) is 0 Å². The van der Waals surface area contributed by atoms with Crippen molar-refractivity contribution in [3.8, 4) is 11.5 Å². The van der Waals surface area contributed by atoms with Crippen molar-refractivity contribution in [1.82, 2.24) is 4.90 Å². The molecule has 9 heteroatoms. The van der Waals surface area contributed by atoms with Gasteiger partial charge in [0.15, 0.2) is 11.5 Å². The van der Waals surface area contributed by atoms with Gasteiger partial charge in [-0.2, -0.15) is 0 Å². The molecule has 0 saturated carbocycles. The van der Waals surface area contributed by atoms with E-state index in [1.54, 1.807) is 18.2 Å². The van der Waals surface area contributed by atoms with Crippen LogP contribution in [0.1, 0.15) is 31.2 Å². The summed E-state index contributed by atoms with van der Waals surface area (Å²) < 4.78 is 6.05. The molecular weight excluding hydrogens is 442 g/mol. The summed E-state index contributed by atoms with van der Waals surface area (Å²) in [4.78, 5) is 25.0. The Balaban J connectivity index is 2.05.